The summed E-state index contributed by atoms with van der Waals surface area (Å²) in [6, 6.07) is 0.649. The minimum Gasteiger partial charge on any atom is -0.373 e. The normalized spacial score (nSPS) is 30.1. The summed E-state index contributed by atoms with van der Waals surface area (Å²) in [7, 11) is 0. The highest BCUT2D eigenvalue weighted by Crippen LogP contribution is 2.22. The predicted molar refractivity (Wildman–Crippen MR) is 67.6 cm³/mol. The Morgan fingerprint density at radius 2 is 2.47 bits per heavy atom. The van der Waals surface area contributed by atoms with E-state index in [9.17, 15) is 0 Å². The van der Waals surface area contributed by atoms with E-state index in [2.05, 4.69) is 20.6 Å². The molecule has 0 amide bonds. The number of nitrogens with one attached hydrogen (secondary N) is 2. The largest absolute Gasteiger partial charge is 0.373 e. The minimum absolute atomic E-state index is 0.200. The van der Waals surface area contributed by atoms with Gasteiger partial charge in [-0.15, -0.1) is 0 Å². The molecule has 0 saturated carbocycles. The quantitative estimate of drug-likeness (QED) is 0.263. The highest BCUT2D eigenvalue weighted by molar-refractivity contribution is 5.79. The van der Waals surface area contributed by atoms with Crippen molar-refractivity contribution >= 4 is 5.96 Å². The summed E-state index contributed by atoms with van der Waals surface area (Å²) >= 11 is 0. The molecular weight excluding hydrogens is 218 g/mol. The zero-order valence-electron chi connectivity index (χ0n) is 10.5. The zero-order chi connectivity index (χ0) is 12.1. The van der Waals surface area contributed by atoms with Crippen LogP contribution in [0.25, 0.3) is 0 Å². The van der Waals surface area contributed by atoms with Crippen LogP contribution in [0.1, 0.15) is 19.8 Å². The first kappa shape index (κ1) is 12.6. The minimum atomic E-state index is 0.200. The molecular formula is C11H23N5O. The van der Waals surface area contributed by atoms with E-state index in [0.717, 1.165) is 19.7 Å². The Morgan fingerprint density at radius 1 is 1.59 bits per heavy atom. The van der Waals surface area contributed by atoms with E-state index in [1.165, 1.54) is 19.4 Å². The summed E-state index contributed by atoms with van der Waals surface area (Å²) < 4.78 is 5.82. The first-order chi connectivity index (χ1) is 8.33. The Bertz CT molecular complexity index is 271. The Labute approximate surface area is 103 Å². The third-order valence-corrected chi connectivity index (χ3v) is 3.40. The number of hydrazine groups is 1. The molecule has 6 nitrogen and oxygen atoms in total. The molecule has 98 valence electrons. The Hall–Kier alpha value is -0.850. The molecule has 0 aromatic carbocycles. The summed E-state index contributed by atoms with van der Waals surface area (Å²) in [6.07, 6.45) is 2.78. The standard InChI is InChI=1S/C11H23N5O/c1-2-13-11(15-12)14-6-10-7-16-5-3-4-9(16)8-17-10/h9-10H,2-8,12H2,1H3,(H2,13,14,15). The first-order valence-corrected chi connectivity index (χ1v) is 6.44. The van der Waals surface area contributed by atoms with Gasteiger partial charge in [-0.25, -0.2) is 10.8 Å². The topological polar surface area (TPSA) is 74.9 Å². The molecule has 0 aliphatic carbocycles. The van der Waals surface area contributed by atoms with Crippen LogP contribution in [0.4, 0.5) is 0 Å². The number of rotatable bonds is 3. The molecule has 2 rings (SSSR count). The number of morpholine rings is 1. The molecule has 17 heavy (non-hydrogen) atoms. The third kappa shape index (κ3) is 3.31. The Morgan fingerprint density at radius 3 is 3.24 bits per heavy atom. The first-order valence-electron chi connectivity index (χ1n) is 6.44. The number of nitrogens with two attached hydrogens (primary N) is 1. The van der Waals surface area contributed by atoms with Gasteiger partial charge in [0.15, 0.2) is 0 Å². The van der Waals surface area contributed by atoms with E-state index >= 15 is 0 Å². The number of nitrogens with zero attached hydrogens (tertiary/aromatic N) is 2. The molecule has 4 N–H and O–H groups in total. The maximum atomic E-state index is 5.82. The van der Waals surface area contributed by atoms with E-state index < -0.39 is 0 Å². The van der Waals surface area contributed by atoms with Crippen molar-refractivity contribution in [1.29, 1.82) is 0 Å². The molecule has 2 heterocycles. The van der Waals surface area contributed by atoms with Gasteiger partial charge in [0, 0.05) is 19.1 Å². The van der Waals surface area contributed by atoms with Crippen molar-refractivity contribution in [2.75, 3.05) is 32.8 Å². The van der Waals surface area contributed by atoms with Crippen LogP contribution in [-0.2, 0) is 4.74 Å². The predicted octanol–water partition coefficient (Wildman–Crippen LogP) is -0.722. The van der Waals surface area contributed by atoms with Gasteiger partial charge in [-0.1, -0.05) is 0 Å². The maximum Gasteiger partial charge on any atom is 0.205 e. The molecule has 2 aliphatic heterocycles. The van der Waals surface area contributed by atoms with Gasteiger partial charge in [0.2, 0.25) is 5.96 Å². The van der Waals surface area contributed by atoms with Gasteiger partial charge in [-0.3, -0.25) is 10.3 Å². The van der Waals surface area contributed by atoms with Gasteiger partial charge < -0.3 is 10.1 Å². The molecule has 2 unspecified atom stereocenters. The smallest absolute Gasteiger partial charge is 0.205 e. The van der Waals surface area contributed by atoms with Gasteiger partial charge in [-0.2, -0.15) is 0 Å². The second kappa shape index (κ2) is 6.18. The molecule has 2 saturated heterocycles. The highest BCUT2D eigenvalue weighted by atomic mass is 16.5. The van der Waals surface area contributed by atoms with Gasteiger partial charge in [0.1, 0.15) is 0 Å². The Balaban J connectivity index is 1.79. The number of aliphatic imine (C=N–C) groups is 1. The van der Waals surface area contributed by atoms with Crippen LogP contribution in [0.3, 0.4) is 0 Å². The van der Waals surface area contributed by atoms with Crippen LogP contribution in [0.5, 0.6) is 0 Å². The average Bonchev–Trinajstić information content (AvgIpc) is 2.81. The van der Waals surface area contributed by atoms with E-state index in [0.29, 0.717) is 18.5 Å². The van der Waals surface area contributed by atoms with Crippen LogP contribution in [-0.4, -0.2) is 55.8 Å². The number of fused-ring (bicyclic) bond motifs is 1. The summed E-state index contributed by atoms with van der Waals surface area (Å²) in [5, 5.41) is 3.06. The summed E-state index contributed by atoms with van der Waals surface area (Å²) in [5.74, 6) is 6.00. The molecule has 6 heteroatoms. The fraction of sp³-hybridized carbons (Fsp3) is 0.909. The second-order valence-electron chi connectivity index (χ2n) is 4.61. The average molecular weight is 241 g/mol. The summed E-state index contributed by atoms with van der Waals surface area (Å²) in [4.78, 5) is 6.91. The van der Waals surface area contributed by atoms with E-state index in [1.54, 1.807) is 0 Å². The molecule has 0 radical (unpaired) electrons. The number of hydrogen-bond donors (Lipinski definition) is 3. The summed E-state index contributed by atoms with van der Waals surface area (Å²) in [6.45, 7) is 6.55. The SMILES string of the molecule is CCNC(=NCC1CN2CCCC2CO1)NN. The number of hydrogen-bond acceptors (Lipinski definition) is 4. The van der Waals surface area contributed by atoms with Crippen LogP contribution in [0.2, 0.25) is 0 Å². The molecule has 0 bridgehead atoms. The van der Waals surface area contributed by atoms with E-state index in [-0.39, 0.29) is 6.10 Å². The molecule has 2 fully saturated rings. The van der Waals surface area contributed by atoms with E-state index in [4.69, 9.17) is 10.6 Å². The molecule has 0 aromatic rings. The van der Waals surface area contributed by atoms with Crippen LogP contribution >= 0.6 is 0 Å². The van der Waals surface area contributed by atoms with Gasteiger partial charge in [-0.05, 0) is 26.3 Å². The monoisotopic (exact) mass is 241 g/mol. The molecule has 2 aliphatic rings. The van der Waals surface area contributed by atoms with Crippen molar-refractivity contribution in [2.24, 2.45) is 10.8 Å². The lowest BCUT2D eigenvalue weighted by atomic mass is 10.2. The van der Waals surface area contributed by atoms with Crippen molar-refractivity contribution in [3.8, 4) is 0 Å². The zero-order valence-corrected chi connectivity index (χ0v) is 10.5. The van der Waals surface area contributed by atoms with Crippen molar-refractivity contribution in [2.45, 2.75) is 31.9 Å². The van der Waals surface area contributed by atoms with Crippen molar-refractivity contribution in [3.05, 3.63) is 0 Å². The van der Waals surface area contributed by atoms with Crippen molar-refractivity contribution in [3.63, 3.8) is 0 Å². The van der Waals surface area contributed by atoms with Gasteiger partial charge in [0.05, 0.1) is 19.3 Å². The lowest BCUT2D eigenvalue weighted by molar-refractivity contribution is -0.0432. The van der Waals surface area contributed by atoms with Crippen LogP contribution < -0.4 is 16.6 Å². The molecule has 0 aromatic heterocycles. The molecule has 2 atom stereocenters. The number of guanidine groups is 1. The van der Waals surface area contributed by atoms with Crippen LogP contribution in [0.15, 0.2) is 4.99 Å². The Kier molecular flexibility index (Phi) is 4.58. The lowest BCUT2D eigenvalue weighted by Crippen LogP contribution is -2.48. The highest BCUT2D eigenvalue weighted by Gasteiger charge is 2.31. The maximum absolute atomic E-state index is 5.82. The molecule has 0 spiro atoms. The second-order valence-corrected chi connectivity index (χ2v) is 4.61. The number of ether oxygens (including phenoxy) is 1. The van der Waals surface area contributed by atoms with E-state index in [1.807, 2.05) is 6.92 Å². The van der Waals surface area contributed by atoms with Crippen molar-refractivity contribution < 1.29 is 4.74 Å². The fourth-order valence-corrected chi connectivity index (χ4v) is 2.51. The van der Waals surface area contributed by atoms with Gasteiger partial charge in [0.25, 0.3) is 0 Å². The van der Waals surface area contributed by atoms with Gasteiger partial charge >= 0.3 is 0 Å². The fourth-order valence-electron chi connectivity index (χ4n) is 2.51. The van der Waals surface area contributed by atoms with Crippen molar-refractivity contribution in [1.82, 2.24) is 15.6 Å². The van der Waals surface area contributed by atoms with Crippen LogP contribution in [0, 0.1) is 0 Å². The lowest BCUT2D eigenvalue weighted by Gasteiger charge is -2.34. The summed E-state index contributed by atoms with van der Waals surface area (Å²) in [5.41, 5.74) is 2.56. The third-order valence-electron chi connectivity index (χ3n) is 3.40.